The zero-order valence-corrected chi connectivity index (χ0v) is 9.18. The summed E-state index contributed by atoms with van der Waals surface area (Å²) >= 11 is 0. The van der Waals surface area contributed by atoms with Crippen LogP contribution in [-0.4, -0.2) is 27.2 Å². The van der Waals surface area contributed by atoms with Crippen LogP contribution in [0.3, 0.4) is 0 Å². The lowest BCUT2D eigenvalue weighted by atomic mass is 10.1. The maximum absolute atomic E-state index is 11.8. The number of carbonyl (C=O) groups excluding carboxylic acids is 1. The van der Waals surface area contributed by atoms with Gasteiger partial charge >= 0.3 is 5.97 Å². The van der Waals surface area contributed by atoms with Gasteiger partial charge in [-0.1, -0.05) is 12.1 Å². The van der Waals surface area contributed by atoms with Crippen molar-refractivity contribution in [1.82, 2.24) is 10.2 Å². The Hall–Kier alpha value is -2.83. The van der Waals surface area contributed by atoms with E-state index in [4.69, 9.17) is 10.8 Å². The Bertz CT molecular complexity index is 606. The van der Waals surface area contributed by atoms with Crippen molar-refractivity contribution in [2.24, 2.45) is 0 Å². The maximum atomic E-state index is 11.8. The summed E-state index contributed by atoms with van der Waals surface area (Å²) in [5, 5.41) is 17.5. The van der Waals surface area contributed by atoms with E-state index < -0.39 is 11.9 Å². The van der Waals surface area contributed by atoms with Gasteiger partial charge < -0.3 is 16.2 Å². The largest absolute Gasteiger partial charge is 0.478 e. The first kappa shape index (κ1) is 11.6. The van der Waals surface area contributed by atoms with Gasteiger partial charge in [0.15, 0.2) is 0 Å². The Balaban J connectivity index is 2.28. The van der Waals surface area contributed by atoms with Crippen molar-refractivity contribution in [3.63, 3.8) is 0 Å². The fourth-order valence-electron chi connectivity index (χ4n) is 1.45. The summed E-state index contributed by atoms with van der Waals surface area (Å²) in [6, 6.07) is 6.10. The molecular formula is C11H10N4O3. The number of H-pyrrole nitrogens is 1. The van der Waals surface area contributed by atoms with Crippen LogP contribution in [0.1, 0.15) is 20.7 Å². The average molecular weight is 246 g/mol. The number of para-hydroxylation sites is 1. The molecule has 0 fully saturated rings. The van der Waals surface area contributed by atoms with E-state index in [0.29, 0.717) is 0 Å². The van der Waals surface area contributed by atoms with Gasteiger partial charge in [-0.15, -0.1) is 0 Å². The minimum Gasteiger partial charge on any atom is -0.478 e. The molecule has 1 aromatic carbocycles. The summed E-state index contributed by atoms with van der Waals surface area (Å²) in [6.07, 6.45) is 1.27. The lowest BCUT2D eigenvalue weighted by Crippen LogP contribution is -2.15. The van der Waals surface area contributed by atoms with Gasteiger partial charge in [-0.05, 0) is 12.1 Å². The summed E-state index contributed by atoms with van der Waals surface area (Å²) < 4.78 is 0. The Labute approximate surface area is 102 Å². The molecule has 18 heavy (non-hydrogen) atoms. The van der Waals surface area contributed by atoms with Gasteiger partial charge in [0.25, 0.3) is 5.91 Å². The molecule has 1 aromatic heterocycles. The fourth-order valence-corrected chi connectivity index (χ4v) is 1.45. The normalized spacial score (nSPS) is 10.0. The number of hydrogen-bond donors (Lipinski definition) is 4. The quantitative estimate of drug-likeness (QED) is 0.642. The molecule has 0 saturated heterocycles. The zero-order chi connectivity index (χ0) is 13.1. The molecule has 0 unspecified atom stereocenters. The van der Waals surface area contributed by atoms with E-state index in [1.54, 1.807) is 12.1 Å². The number of nitrogens with zero attached hydrogens (tertiary/aromatic N) is 1. The SMILES string of the molecule is Nc1[nH]ncc1C(=O)Nc1ccccc1C(=O)O. The van der Waals surface area contributed by atoms with Crippen LogP contribution < -0.4 is 11.1 Å². The molecule has 0 aliphatic carbocycles. The van der Waals surface area contributed by atoms with Gasteiger partial charge in [-0.3, -0.25) is 9.89 Å². The Morgan fingerprint density at radius 3 is 2.61 bits per heavy atom. The highest BCUT2D eigenvalue weighted by Crippen LogP contribution is 2.17. The molecule has 7 heteroatoms. The van der Waals surface area contributed by atoms with Crippen molar-refractivity contribution in [1.29, 1.82) is 0 Å². The highest BCUT2D eigenvalue weighted by molar-refractivity contribution is 6.09. The molecular weight excluding hydrogens is 236 g/mol. The number of carboxylic acid groups (broad SMARTS) is 1. The fraction of sp³-hybridized carbons (Fsp3) is 0. The molecule has 0 radical (unpaired) electrons. The Kier molecular flexibility index (Phi) is 2.96. The number of hydrogen-bond acceptors (Lipinski definition) is 4. The van der Waals surface area contributed by atoms with Crippen molar-refractivity contribution < 1.29 is 14.7 Å². The van der Waals surface area contributed by atoms with Crippen LogP contribution in [0.2, 0.25) is 0 Å². The molecule has 2 rings (SSSR count). The minimum atomic E-state index is -1.12. The molecule has 7 nitrogen and oxygen atoms in total. The van der Waals surface area contributed by atoms with Gasteiger partial charge in [0.05, 0.1) is 17.4 Å². The van der Waals surface area contributed by atoms with E-state index >= 15 is 0 Å². The lowest BCUT2D eigenvalue weighted by molar-refractivity contribution is 0.0698. The number of nitrogens with one attached hydrogen (secondary N) is 2. The van der Waals surface area contributed by atoms with Crippen LogP contribution >= 0.6 is 0 Å². The van der Waals surface area contributed by atoms with Crippen molar-refractivity contribution in [3.05, 3.63) is 41.6 Å². The summed E-state index contributed by atoms with van der Waals surface area (Å²) in [5.74, 6) is -1.51. The smallest absolute Gasteiger partial charge is 0.337 e. The van der Waals surface area contributed by atoms with E-state index in [0.717, 1.165) is 0 Å². The standard InChI is InChI=1S/C11H10N4O3/c12-9-7(5-13-15-9)10(16)14-8-4-2-1-3-6(8)11(17)18/h1-5H,(H,14,16)(H,17,18)(H3,12,13,15). The third kappa shape index (κ3) is 2.14. The monoisotopic (exact) mass is 246 g/mol. The first-order valence-corrected chi connectivity index (χ1v) is 5.02. The van der Waals surface area contributed by atoms with Crippen molar-refractivity contribution in [2.75, 3.05) is 11.1 Å². The van der Waals surface area contributed by atoms with Crippen molar-refractivity contribution in [2.45, 2.75) is 0 Å². The van der Waals surface area contributed by atoms with E-state index in [2.05, 4.69) is 15.5 Å². The molecule has 0 aliphatic heterocycles. The topological polar surface area (TPSA) is 121 Å². The second-order valence-electron chi connectivity index (χ2n) is 3.50. The lowest BCUT2D eigenvalue weighted by Gasteiger charge is -2.07. The summed E-state index contributed by atoms with van der Waals surface area (Å²) in [7, 11) is 0. The van der Waals surface area contributed by atoms with Crippen molar-refractivity contribution in [3.8, 4) is 0 Å². The number of benzene rings is 1. The van der Waals surface area contributed by atoms with Crippen molar-refractivity contribution >= 4 is 23.4 Å². The Morgan fingerprint density at radius 2 is 2.00 bits per heavy atom. The van der Waals surface area contributed by atoms with Gasteiger partial charge in [-0.25, -0.2) is 4.79 Å². The van der Waals surface area contributed by atoms with Gasteiger partial charge in [0.1, 0.15) is 11.4 Å². The number of aromatic amines is 1. The number of carboxylic acids is 1. The number of nitrogen functional groups attached to an aromatic ring is 1. The highest BCUT2D eigenvalue weighted by atomic mass is 16.4. The predicted molar refractivity (Wildman–Crippen MR) is 64.4 cm³/mol. The second kappa shape index (κ2) is 4.58. The molecule has 2 aromatic rings. The molecule has 0 bridgehead atoms. The number of amides is 1. The van der Waals surface area contributed by atoms with E-state index in [-0.39, 0.29) is 22.6 Å². The van der Waals surface area contributed by atoms with Crippen LogP contribution in [0.4, 0.5) is 11.5 Å². The molecule has 0 spiro atoms. The molecule has 92 valence electrons. The molecule has 1 amide bonds. The Morgan fingerprint density at radius 1 is 1.28 bits per heavy atom. The summed E-state index contributed by atoms with van der Waals surface area (Å²) in [5.41, 5.74) is 5.87. The van der Waals surface area contributed by atoms with Gasteiger partial charge in [0, 0.05) is 0 Å². The molecule has 0 saturated carbocycles. The third-order valence-corrected chi connectivity index (χ3v) is 2.32. The predicted octanol–water partition coefficient (Wildman–Crippen LogP) is 0.942. The average Bonchev–Trinajstić information content (AvgIpc) is 2.76. The van der Waals surface area contributed by atoms with Crippen LogP contribution in [0.5, 0.6) is 0 Å². The van der Waals surface area contributed by atoms with Crippen LogP contribution in [0.15, 0.2) is 30.5 Å². The third-order valence-electron chi connectivity index (χ3n) is 2.32. The van der Waals surface area contributed by atoms with E-state index in [9.17, 15) is 9.59 Å². The number of rotatable bonds is 3. The van der Waals surface area contributed by atoms with E-state index in [1.165, 1.54) is 18.3 Å². The highest BCUT2D eigenvalue weighted by Gasteiger charge is 2.15. The number of aromatic carboxylic acids is 1. The summed E-state index contributed by atoms with van der Waals surface area (Å²) in [6.45, 7) is 0. The number of nitrogens with two attached hydrogens (primary N) is 1. The first-order valence-electron chi connectivity index (χ1n) is 5.02. The minimum absolute atomic E-state index is 0.00733. The van der Waals surface area contributed by atoms with Gasteiger partial charge in [-0.2, -0.15) is 5.10 Å². The van der Waals surface area contributed by atoms with E-state index in [1.807, 2.05) is 0 Å². The van der Waals surface area contributed by atoms with Crippen LogP contribution in [-0.2, 0) is 0 Å². The van der Waals surface area contributed by atoms with Crippen LogP contribution in [0, 0.1) is 0 Å². The molecule has 0 atom stereocenters. The molecule has 1 heterocycles. The molecule has 0 aliphatic rings. The zero-order valence-electron chi connectivity index (χ0n) is 9.18. The first-order chi connectivity index (χ1) is 8.59. The number of aromatic nitrogens is 2. The molecule has 5 N–H and O–H groups in total. The van der Waals surface area contributed by atoms with Gasteiger partial charge in [0.2, 0.25) is 0 Å². The number of anilines is 2. The van der Waals surface area contributed by atoms with Crippen LogP contribution in [0.25, 0.3) is 0 Å². The number of carbonyl (C=O) groups is 2. The summed E-state index contributed by atoms with van der Waals surface area (Å²) in [4.78, 5) is 22.8. The second-order valence-corrected chi connectivity index (χ2v) is 3.50. The maximum Gasteiger partial charge on any atom is 0.337 e.